The van der Waals surface area contributed by atoms with E-state index in [1.165, 1.54) is 7.11 Å². The van der Waals surface area contributed by atoms with Crippen molar-refractivity contribution >= 4 is 23.6 Å². The molecule has 1 amide bonds. The lowest BCUT2D eigenvalue weighted by Gasteiger charge is -2.19. The minimum absolute atomic E-state index is 0.200. The van der Waals surface area contributed by atoms with E-state index in [2.05, 4.69) is 5.32 Å². The summed E-state index contributed by atoms with van der Waals surface area (Å²) in [6.45, 7) is 2.69. The van der Waals surface area contributed by atoms with Crippen LogP contribution in [0.25, 0.3) is 11.1 Å². The Hall–Kier alpha value is -3.29. The van der Waals surface area contributed by atoms with Crippen LogP contribution in [0.4, 0.5) is 0 Å². The van der Waals surface area contributed by atoms with Crippen LogP contribution in [0.15, 0.2) is 66.7 Å². The number of hydrogen-bond donors (Lipinski definition) is 2. The molecular weight excluding hydrogens is 462 g/mol. The highest BCUT2D eigenvalue weighted by Crippen LogP contribution is 2.29. The van der Waals surface area contributed by atoms with Crippen molar-refractivity contribution in [2.45, 2.75) is 32.6 Å². The maximum absolute atomic E-state index is 13.3. The maximum Gasteiger partial charge on any atom is 0.328 e. The molecule has 0 aliphatic carbocycles. The number of aromatic hydroxyl groups is 1. The summed E-state index contributed by atoms with van der Waals surface area (Å²) in [5.74, 6) is 0.139. The van der Waals surface area contributed by atoms with Crippen molar-refractivity contribution in [1.82, 2.24) is 5.32 Å². The van der Waals surface area contributed by atoms with Crippen molar-refractivity contribution in [3.63, 3.8) is 0 Å². The number of aryl methyl sites for hydroxylation is 1. The van der Waals surface area contributed by atoms with Crippen molar-refractivity contribution in [2.75, 3.05) is 19.1 Å². The van der Waals surface area contributed by atoms with Crippen molar-refractivity contribution in [3.05, 3.63) is 89.0 Å². The molecule has 0 radical (unpaired) electrons. The molecule has 1 atom stereocenters. The van der Waals surface area contributed by atoms with Gasteiger partial charge in [-0.1, -0.05) is 42.5 Å². The van der Waals surface area contributed by atoms with Crippen LogP contribution in [-0.4, -0.2) is 42.1 Å². The number of carbonyl (C=O) groups excluding carboxylic acids is 2. The first-order chi connectivity index (χ1) is 16.9. The summed E-state index contributed by atoms with van der Waals surface area (Å²) in [6, 6.07) is 19.7. The van der Waals surface area contributed by atoms with E-state index in [1.54, 1.807) is 36.0 Å². The van der Waals surface area contributed by atoms with Crippen LogP contribution in [0.5, 0.6) is 5.75 Å². The molecule has 0 fully saturated rings. The number of amides is 1. The summed E-state index contributed by atoms with van der Waals surface area (Å²) in [6.07, 6.45) is 2.44. The topological polar surface area (TPSA) is 84.9 Å². The number of thioether (sulfide) groups is 1. The summed E-state index contributed by atoms with van der Waals surface area (Å²) in [5.41, 5.74) is 5.00. The number of ether oxygens (including phenoxy) is 2. The molecule has 6 nitrogen and oxygen atoms in total. The van der Waals surface area contributed by atoms with Gasteiger partial charge in [-0.05, 0) is 77.4 Å². The fourth-order valence-electron chi connectivity index (χ4n) is 3.77. The van der Waals surface area contributed by atoms with E-state index in [0.717, 1.165) is 33.6 Å². The Bertz CT molecular complexity index is 1160. The quantitative estimate of drug-likeness (QED) is 0.361. The average molecular weight is 494 g/mol. The highest BCUT2D eigenvalue weighted by Gasteiger charge is 2.23. The number of phenolic OH excluding ortho intramolecular Hbond substituents is 1. The number of nitrogens with one attached hydrogen (secondary N) is 1. The lowest BCUT2D eigenvalue weighted by Crippen LogP contribution is -2.42. The Balaban J connectivity index is 1.85. The van der Waals surface area contributed by atoms with Gasteiger partial charge in [0.15, 0.2) is 0 Å². The first kappa shape index (κ1) is 26.3. The maximum atomic E-state index is 13.3. The van der Waals surface area contributed by atoms with Crippen molar-refractivity contribution < 1.29 is 24.2 Å². The molecule has 7 heteroatoms. The molecule has 0 aromatic heterocycles. The molecule has 1 unspecified atom stereocenters. The van der Waals surface area contributed by atoms with E-state index >= 15 is 0 Å². The van der Waals surface area contributed by atoms with Crippen LogP contribution >= 0.6 is 11.8 Å². The molecule has 184 valence electrons. The Morgan fingerprint density at radius 2 is 1.71 bits per heavy atom. The Labute approximate surface area is 210 Å². The van der Waals surface area contributed by atoms with Crippen molar-refractivity contribution in [2.24, 2.45) is 0 Å². The van der Waals surface area contributed by atoms with E-state index in [-0.39, 0.29) is 11.7 Å². The van der Waals surface area contributed by atoms with E-state index in [0.29, 0.717) is 25.2 Å². The second-order valence-corrected chi connectivity index (χ2v) is 9.17. The van der Waals surface area contributed by atoms with Crippen LogP contribution in [0.3, 0.4) is 0 Å². The third-order valence-corrected chi connectivity index (χ3v) is 6.26. The number of esters is 1. The minimum atomic E-state index is -0.713. The standard InChI is InChI=1S/C28H31NO5S/c1-19-7-4-5-10-23(19)25-16-21(18-34-17-20-8-6-9-22(30)15-20)11-12-24(25)27(31)29-26(13-14-35-3)28(32)33-2/h4-12,15-16,26,30H,13-14,17-18H2,1-3H3,(H,29,31). The fourth-order valence-corrected chi connectivity index (χ4v) is 4.24. The van der Waals surface area contributed by atoms with Gasteiger partial charge in [-0.2, -0.15) is 11.8 Å². The zero-order chi connectivity index (χ0) is 25.2. The van der Waals surface area contributed by atoms with E-state index in [9.17, 15) is 14.7 Å². The van der Waals surface area contributed by atoms with Gasteiger partial charge in [-0.3, -0.25) is 4.79 Å². The number of benzene rings is 3. The second-order valence-electron chi connectivity index (χ2n) is 8.19. The van der Waals surface area contributed by atoms with Crippen LogP contribution in [-0.2, 0) is 27.5 Å². The first-order valence-electron chi connectivity index (χ1n) is 11.3. The molecule has 3 aromatic carbocycles. The number of methoxy groups -OCH3 is 1. The van der Waals surface area contributed by atoms with Gasteiger partial charge >= 0.3 is 5.97 Å². The third kappa shape index (κ3) is 7.34. The third-order valence-electron chi connectivity index (χ3n) is 5.61. The van der Waals surface area contributed by atoms with Gasteiger partial charge in [0, 0.05) is 5.56 Å². The van der Waals surface area contributed by atoms with Crippen molar-refractivity contribution in [1.29, 1.82) is 0 Å². The Morgan fingerprint density at radius 3 is 2.40 bits per heavy atom. The Morgan fingerprint density at radius 1 is 0.971 bits per heavy atom. The molecule has 0 saturated heterocycles. The van der Waals surface area contributed by atoms with E-state index in [1.807, 2.05) is 55.6 Å². The molecule has 35 heavy (non-hydrogen) atoms. The van der Waals surface area contributed by atoms with Gasteiger partial charge in [-0.15, -0.1) is 0 Å². The largest absolute Gasteiger partial charge is 0.508 e. The SMILES string of the molecule is COC(=O)C(CCSC)NC(=O)c1ccc(COCc2cccc(O)c2)cc1-c1ccccc1C. The van der Waals surface area contributed by atoms with Gasteiger partial charge in [0.05, 0.1) is 20.3 Å². The lowest BCUT2D eigenvalue weighted by molar-refractivity contribution is -0.142. The molecule has 0 heterocycles. The van der Waals surface area contributed by atoms with Crippen LogP contribution < -0.4 is 5.32 Å². The normalized spacial score (nSPS) is 11.6. The van der Waals surface area contributed by atoms with Gasteiger partial charge in [0.25, 0.3) is 5.91 Å². The molecule has 0 saturated carbocycles. The molecule has 0 aliphatic rings. The zero-order valence-corrected chi connectivity index (χ0v) is 21.1. The number of phenols is 1. The fraction of sp³-hybridized carbons (Fsp3) is 0.286. The highest BCUT2D eigenvalue weighted by molar-refractivity contribution is 7.98. The molecule has 0 spiro atoms. The number of carbonyl (C=O) groups is 2. The van der Waals surface area contributed by atoms with E-state index in [4.69, 9.17) is 9.47 Å². The van der Waals surface area contributed by atoms with Crippen LogP contribution in [0.2, 0.25) is 0 Å². The predicted octanol–water partition coefficient (Wildman–Crippen LogP) is 5.11. The van der Waals surface area contributed by atoms with Gasteiger partial charge in [-0.25, -0.2) is 4.79 Å². The van der Waals surface area contributed by atoms with Crippen LogP contribution in [0.1, 0.15) is 33.5 Å². The first-order valence-corrected chi connectivity index (χ1v) is 12.7. The van der Waals surface area contributed by atoms with Crippen molar-refractivity contribution in [3.8, 4) is 16.9 Å². The summed E-state index contributed by atoms with van der Waals surface area (Å²) < 4.78 is 10.8. The van der Waals surface area contributed by atoms with E-state index < -0.39 is 12.0 Å². The second kappa shape index (κ2) is 13.0. The summed E-state index contributed by atoms with van der Waals surface area (Å²) >= 11 is 1.60. The molecule has 2 N–H and O–H groups in total. The molecular formula is C28H31NO5S. The van der Waals surface area contributed by atoms with Crippen LogP contribution in [0, 0.1) is 6.92 Å². The molecule has 0 bridgehead atoms. The lowest BCUT2D eigenvalue weighted by atomic mass is 9.93. The molecule has 3 aromatic rings. The van der Waals surface area contributed by atoms with Gasteiger partial charge in [0.1, 0.15) is 11.8 Å². The summed E-state index contributed by atoms with van der Waals surface area (Å²) in [7, 11) is 1.32. The zero-order valence-electron chi connectivity index (χ0n) is 20.2. The molecule has 0 aliphatic heterocycles. The Kier molecular flexibility index (Phi) is 9.76. The van der Waals surface area contributed by atoms with Gasteiger partial charge in [0.2, 0.25) is 0 Å². The summed E-state index contributed by atoms with van der Waals surface area (Å²) in [4.78, 5) is 25.5. The molecule has 3 rings (SSSR count). The average Bonchev–Trinajstić information content (AvgIpc) is 2.86. The smallest absolute Gasteiger partial charge is 0.328 e. The number of rotatable bonds is 11. The predicted molar refractivity (Wildman–Crippen MR) is 139 cm³/mol. The number of hydrogen-bond acceptors (Lipinski definition) is 6. The minimum Gasteiger partial charge on any atom is -0.508 e. The summed E-state index contributed by atoms with van der Waals surface area (Å²) in [5, 5.41) is 12.5. The van der Waals surface area contributed by atoms with Gasteiger partial charge < -0.3 is 19.9 Å². The highest BCUT2D eigenvalue weighted by atomic mass is 32.2. The monoisotopic (exact) mass is 493 g/mol.